The summed E-state index contributed by atoms with van der Waals surface area (Å²) in [6.45, 7) is 0. The third kappa shape index (κ3) is 3.52. The van der Waals surface area contributed by atoms with Crippen LogP contribution >= 0.6 is 23.1 Å². The van der Waals surface area contributed by atoms with Crippen LogP contribution in [0.15, 0.2) is 53.0 Å². The minimum Gasteiger partial charge on any atom is -0.352 e. The zero-order chi connectivity index (χ0) is 16.4. The molecule has 0 bridgehead atoms. The summed E-state index contributed by atoms with van der Waals surface area (Å²) in [5, 5.41) is 12.5. The minimum absolute atomic E-state index is 0.0242. The van der Waals surface area contributed by atoms with E-state index in [2.05, 4.69) is 20.5 Å². The van der Waals surface area contributed by atoms with Gasteiger partial charge in [0.25, 0.3) is 0 Å². The first-order valence-electron chi connectivity index (χ1n) is 7.78. The normalized spacial score (nSPS) is 15.2. The maximum atomic E-state index is 12.6. The molecule has 1 fully saturated rings. The van der Waals surface area contributed by atoms with Gasteiger partial charge in [-0.05, 0) is 29.9 Å². The Kier molecular flexibility index (Phi) is 4.36. The highest BCUT2D eigenvalue weighted by Crippen LogP contribution is 2.35. The molecule has 122 valence electrons. The number of amides is 1. The summed E-state index contributed by atoms with van der Waals surface area (Å²) in [6, 6.07) is 14.1. The Morgan fingerprint density at radius 3 is 2.79 bits per heavy atom. The molecule has 0 saturated heterocycles. The van der Waals surface area contributed by atoms with Crippen LogP contribution in [0.2, 0.25) is 0 Å². The number of rotatable bonds is 6. The number of aromatic amines is 1. The van der Waals surface area contributed by atoms with E-state index < -0.39 is 0 Å². The highest BCUT2D eigenvalue weighted by molar-refractivity contribution is 8.00. The summed E-state index contributed by atoms with van der Waals surface area (Å²) in [5.41, 5.74) is 0.961. The largest absolute Gasteiger partial charge is 0.352 e. The molecule has 5 nitrogen and oxygen atoms in total. The molecule has 2 N–H and O–H groups in total. The van der Waals surface area contributed by atoms with Crippen LogP contribution in [0.1, 0.15) is 23.7 Å². The summed E-state index contributed by atoms with van der Waals surface area (Å²) in [7, 11) is 0. The molecular formula is C17H16N4OS2. The number of carbonyl (C=O) groups excluding carboxylic acids is 1. The second-order valence-corrected chi connectivity index (χ2v) is 7.66. The molecule has 1 aromatic carbocycles. The number of thiophene rings is 1. The molecule has 1 aliphatic carbocycles. The lowest BCUT2D eigenvalue weighted by Crippen LogP contribution is -2.29. The Hall–Kier alpha value is -2.12. The lowest BCUT2D eigenvalue weighted by Gasteiger charge is -2.15. The zero-order valence-electron chi connectivity index (χ0n) is 12.8. The average Bonchev–Trinajstić information content (AvgIpc) is 3.08. The van der Waals surface area contributed by atoms with Gasteiger partial charge >= 0.3 is 0 Å². The first kappa shape index (κ1) is 15.4. The quantitative estimate of drug-likeness (QED) is 0.662. The lowest BCUT2D eigenvalue weighted by atomic mass is 10.1. The number of hydrogen-bond acceptors (Lipinski definition) is 5. The molecule has 1 amide bonds. The predicted octanol–water partition coefficient (Wildman–Crippen LogP) is 3.65. The smallest absolute Gasteiger partial charge is 0.238 e. The Morgan fingerprint density at radius 2 is 2.08 bits per heavy atom. The second kappa shape index (κ2) is 6.78. The van der Waals surface area contributed by atoms with E-state index in [9.17, 15) is 4.79 Å². The molecule has 1 saturated carbocycles. The van der Waals surface area contributed by atoms with Gasteiger partial charge in [-0.1, -0.05) is 48.2 Å². The van der Waals surface area contributed by atoms with Gasteiger partial charge in [-0.15, -0.1) is 16.4 Å². The number of carbonyl (C=O) groups is 1. The number of thioether (sulfide) groups is 1. The van der Waals surface area contributed by atoms with Gasteiger partial charge in [-0.2, -0.15) is 0 Å². The number of nitrogens with one attached hydrogen (secondary N) is 2. The molecule has 3 aromatic rings. The number of hydrogen-bond donors (Lipinski definition) is 2. The van der Waals surface area contributed by atoms with Crippen LogP contribution in [0, 0.1) is 0 Å². The lowest BCUT2D eigenvalue weighted by molar-refractivity contribution is -0.120. The van der Waals surface area contributed by atoms with E-state index in [1.165, 1.54) is 11.8 Å². The van der Waals surface area contributed by atoms with Crippen molar-refractivity contribution < 1.29 is 4.79 Å². The van der Waals surface area contributed by atoms with E-state index in [0.717, 1.165) is 29.1 Å². The van der Waals surface area contributed by atoms with Crippen LogP contribution in [-0.4, -0.2) is 27.1 Å². The number of benzene rings is 1. The van der Waals surface area contributed by atoms with Gasteiger partial charge in [-0.25, -0.2) is 4.98 Å². The maximum absolute atomic E-state index is 12.6. The molecule has 0 spiro atoms. The van der Waals surface area contributed by atoms with Crippen LogP contribution < -0.4 is 5.32 Å². The fourth-order valence-electron chi connectivity index (χ4n) is 2.33. The van der Waals surface area contributed by atoms with Gasteiger partial charge in [-0.3, -0.25) is 9.89 Å². The molecular weight excluding hydrogens is 340 g/mol. The molecule has 7 heteroatoms. The van der Waals surface area contributed by atoms with E-state index in [0.29, 0.717) is 11.2 Å². The number of nitrogens with zero attached hydrogens (tertiary/aromatic N) is 2. The number of H-pyrrole nitrogens is 1. The molecule has 0 radical (unpaired) electrons. The first-order chi connectivity index (χ1) is 11.8. The fourth-order valence-corrected chi connectivity index (χ4v) is 3.92. The topological polar surface area (TPSA) is 70.7 Å². The first-order valence-corrected chi connectivity index (χ1v) is 9.54. The van der Waals surface area contributed by atoms with Crippen molar-refractivity contribution >= 4 is 29.0 Å². The molecule has 0 aliphatic heterocycles. The minimum atomic E-state index is -0.348. The highest BCUT2D eigenvalue weighted by Gasteiger charge is 2.30. The van der Waals surface area contributed by atoms with Crippen molar-refractivity contribution in [3.05, 3.63) is 53.4 Å². The Balaban J connectivity index is 1.56. The molecule has 2 aromatic heterocycles. The third-order valence-electron chi connectivity index (χ3n) is 3.71. The van der Waals surface area contributed by atoms with Gasteiger partial charge in [0.15, 0.2) is 5.82 Å². The summed E-state index contributed by atoms with van der Waals surface area (Å²) in [5.74, 6) is 0.762. The van der Waals surface area contributed by atoms with Crippen molar-refractivity contribution in [2.24, 2.45) is 0 Å². The average molecular weight is 356 g/mol. The van der Waals surface area contributed by atoms with Crippen LogP contribution in [-0.2, 0) is 4.79 Å². The Labute approximate surface area is 147 Å². The van der Waals surface area contributed by atoms with Gasteiger partial charge in [0.2, 0.25) is 11.1 Å². The van der Waals surface area contributed by atoms with Gasteiger partial charge in [0.05, 0.1) is 4.88 Å². The van der Waals surface area contributed by atoms with Crippen molar-refractivity contribution in [3.8, 4) is 10.7 Å². The van der Waals surface area contributed by atoms with Crippen molar-refractivity contribution in [2.75, 3.05) is 0 Å². The van der Waals surface area contributed by atoms with E-state index in [1.807, 2.05) is 47.8 Å². The summed E-state index contributed by atoms with van der Waals surface area (Å²) < 4.78 is 0. The predicted molar refractivity (Wildman–Crippen MR) is 95.9 cm³/mol. The van der Waals surface area contributed by atoms with E-state index in [1.54, 1.807) is 11.3 Å². The van der Waals surface area contributed by atoms with Gasteiger partial charge in [0.1, 0.15) is 5.25 Å². The molecule has 0 unspecified atom stereocenters. The van der Waals surface area contributed by atoms with E-state index in [4.69, 9.17) is 0 Å². The number of aromatic nitrogens is 3. The molecule has 1 atom stereocenters. The van der Waals surface area contributed by atoms with Crippen LogP contribution in [0.3, 0.4) is 0 Å². The van der Waals surface area contributed by atoms with E-state index in [-0.39, 0.29) is 11.2 Å². The van der Waals surface area contributed by atoms with Crippen LogP contribution in [0.25, 0.3) is 10.7 Å². The third-order valence-corrected chi connectivity index (χ3v) is 5.70. The molecule has 2 heterocycles. The van der Waals surface area contributed by atoms with Crippen molar-refractivity contribution in [1.82, 2.24) is 20.5 Å². The molecule has 1 aliphatic rings. The standard InChI is InChI=1S/C17H16N4OS2/c22-16(18-12-8-9-12)14(11-5-2-1-3-6-11)24-17-19-15(20-21-17)13-7-4-10-23-13/h1-7,10,12,14H,8-9H2,(H,18,22)(H,19,20,21)/t14-/m0/s1. The zero-order valence-corrected chi connectivity index (χ0v) is 14.4. The highest BCUT2D eigenvalue weighted by atomic mass is 32.2. The molecule has 24 heavy (non-hydrogen) atoms. The SMILES string of the molecule is O=C(NC1CC1)[C@@H](Sc1n[nH]c(-c2cccs2)n1)c1ccccc1. The Morgan fingerprint density at radius 1 is 1.25 bits per heavy atom. The second-order valence-electron chi connectivity index (χ2n) is 5.64. The van der Waals surface area contributed by atoms with Crippen LogP contribution in [0.5, 0.6) is 0 Å². The molecule has 4 rings (SSSR count). The monoisotopic (exact) mass is 356 g/mol. The summed E-state index contributed by atoms with van der Waals surface area (Å²) >= 11 is 2.98. The van der Waals surface area contributed by atoms with Crippen molar-refractivity contribution in [3.63, 3.8) is 0 Å². The van der Waals surface area contributed by atoms with Gasteiger partial charge in [0, 0.05) is 6.04 Å². The van der Waals surface area contributed by atoms with Crippen molar-refractivity contribution in [1.29, 1.82) is 0 Å². The summed E-state index contributed by atoms with van der Waals surface area (Å²) in [6.07, 6.45) is 2.14. The Bertz CT molecular complexity index is 812. The summed E-state index contributed by atoms with van der Waals surface area (Å²) in [4.78, 5) is 18.2. The maximum Gasteiger partial charge on any atom is 0.238 e. The fraction of sp³-hybridized carbons (Fsp3) is 0.235. The van der Waals surface area contributed by atoms with Crippen molar-refractivity contribution in [2.45, 2.75) is 29.3 Å². The van der Waals surface area contributed by atoms with E-state index >= 15 is 0 Å². The van der Waals surface area contributed by atoms with Crippen LogP contribution in [0.4, 0.5) is 0 Å². The van der Waals surface area contributed by atoms with Gasteiger partial charge < -0.3 is 5.32 Å².